The number of hydrogen-bond acceptors (Lipinski definition) is 1. The molecule has 0 fully saturated rings. The van der Waals surface area contributed by atoms with E-state index in [9.17, 15) is 4.39 Å². The van der Waals surface area contributed by atoms with E-state index in [2.05, 4.69) is 39.8 Å². The molecule has 0 amide bonds. The summed E-state index contributed by atoms with van der Waals surface area (Å²) < 4.78 is 19.9. The summed E-state index contributed by atoms with van der Waals surface area (Å²) in [5, 5.41) is 0.343. The van der Waals surface area contributed by atoms with Gasteiger partial charge in [0.05, 0.1) is 17.2 Å². The standard InChI is InChI=1S/C15H19Cl2FOSi/c1-7-10-8-12(16)11(13(17)14(10)18)9-19-20(5,6)15(2,3)4/h1,8H,9H2,2-6H3. The van der Waals surface area contributed by atoms with Gasteiger partial charge >= 0.3 is 0 Å². The van der Waals surface area contributed by atoms with E-state index in [0.717, 1.165) is 0 Å². The van der Waals surface area contributed by atoms with Gasteiger partial charge in [0.25, 0.3) is 0 Å². The highest BCUT2D eigenvalue weighted by molar-refractivity contribution is 6.74. The van der Waals surface area contributed by atoms with Crippen molar-refractivity contribution < 1.29 is 8.82 Å². The number of benzene rings is 1. The van der Waals surface area contributed by atoms with Gasteiger partial charge in [-0.25, -0.2) is 4.39 Å². The zero-order valence-electron chi connectivity index (χ0n) is 12.4. The first-order chi connectivity index (χ1) is 9.01. The average molecular weight is 333 g/mol. The fraction of sp³-hybridized carbons (Fsp3) is 0.467. The van der Waals surface area contributed by atoms with Crippen LogP contribution in [0, 0.1) is 18.2 Å². The van der Waals surface area contributed by atoms with Crippen molar-refractivity contribution in [3.63, 3.8) is 0 Å². The summed E-state index contributed by atoms with van der Waals surface area (Å²) in [6.45, 7) is 10.8. The summed E-state index contributed by atoms with van der Waals surface area (Å²) in [6, 6.07) is 1.41. The third-order valence-electron chi connectivity index (χ3n) is 3.79. The third kappa shape index (κ3) is 3.56. The molecule has 0 unspecified atom stereocenters. The van der Waals surface area contributed by atoms with Gasteiger partial charge in [-0.2, -0.15) is 0 Å². The van der Waals surface area contributed by atoms with Crippen LogP contribution in [0.15, 0.2) is 6.07 Å². The van der Waals surface area contributed by atoms with Crippen molar-refractivity contribution in [3.05, 3.63) is 33.1 Å². The molecule has 1 aromatic rings. The minimum Gasteiger partial charge on any atom is -0.412 e. The largest absolute Gasteiger partial charge is 0.412 e. The fourth-order valence-corrected chi connectivity index (χ4v) is 2.84. The normalized spacial score (nSPS) is 12.3. The van der Waals surface area contributed by atoms with Gasteiger partial charge in [0.15, 0.2) is 14.1 Å². The van der Waals surface area contributed by atoms with Crippen LogP contribution in [-0.2, 0) is 11.0 Å². The molecule has 1 aromatic carbocycles. The van der Waals surface area contributed by atoms with Crippen LogP contribution in [0.5, 0.6) is 0 Å². The number of halogens is 3. The topological polar surface area (TPSA) is 9.23 Å². The molecule has 5 heteroatoms. The van der Waals surface area contributed by atoms with E-state index < -0.39 is 14.1 Å². The number of terminal acetylenes is 1. The Kier molecular flexibility index (Phi) is 5.32. The summed E-state index contributed by atoms with van der Waals surface area (Å²) in [4.78, 5) is 0. The summed E-state index contributed by atoms with van der Waals surface area (Å²) >= 11 is 12.1. The van der Waals surface area contributed by atoms with Gasteiger partial charge in [-0.15, -0.1) is 6.42 Å². The minimum absolute atomic E-state index is 0.0517. The van der Waals surface area contributed by atoms with Crippen molar-refractivity contribution in [2.75, 3.05) is 0 Å². The molecule has 0 aliphatic carbocycles. The molecule has 0 atom stereocenters. The van der Waals surface area contributed by atoms with Gasteiger partial charge in [0, 0.05) is 10.6 Å². The van der Waals surface area contributed by atoms with Crippen LogP contribution in [0.25, 0.3) is 0 Å². The Hall–Kier alpha value is -0.533. The molecule has 20 heavy (non-hydrogen) atoms. The maximum atomic E-state index is 13.9. The van der Waals surface area contributed by atoms with Crippen molar-refractivity contribution in [1.29, 1.82) is 0 Å². The lowest BCUT2D eigenvalue weighted by atomic mass is 10.1. The van der Waals surface area contributed by atoms with Crippen molar-refractivity contribution in [2.45, 2.75) is 45.5 Å². The molecule has 0 heterocycles. The smallest absolute Gasteiger partial charge is 0.192 e. The lowest BCUT2D eigenvalue weighted by Gasteiger charge is -2.36. The Morgan fingerprint density at radius 2 is 1.90 bits per heavy atom. The molecule has 0 aliphatic rings. The Balaban J connectivity index is 3.07. The molecule has 0 aromatic heterocycles. The van der Waals surface area contributed by atoms with Crippen LogP contribution in [0.3, 0.4) is 0 Å². The lowest BCUT2D eigenvalue weighted by Crippen LogP contribution is -2.40. The molecular weight excluding hydrogens is 314 g/mol. The maximum Gasteiger partial charge on any atom is 0.192 e. The average Bonchev–Trinajstić information content (AvgIpc) is 2.32. The predicted octanol–water partition coefficient (Wildman–Crippen LogP) is 5.64. The first-order valence-corrected chi connectivity index (χ1v) is 9.94. The fourth-order valence-electron chi connectivity index (χ4n) is 1.34. The summed E-state index contributed by atoms with van der Waals surface area (Å²) in [5.74, 6) is 1.61. The first kappa shape index (κ1) is 17.5. The van der Waals surface area contributed by atoms with E-state index in [4.69, 9.17) is 34.1 Å². The third-order valence-corrected chi connectivity index (χ3v) is 9.00. The number of rotatable bonds is 3. The van der Waals surface area contributed by atoms with Crippen molar-refractivity contribution in [2.24, 2.45) is 0 Å². The van der Waals surface area contributed by atoms with Gasteiger partial charge in [-0.1, -0.05) is 49.9 Å². The first-order valence-electron chi connectivity index (χ1n) is 6.28. The predicted molar refractivity (Wildman–Crippen MR) is 86.3 cm³/mol. The van der Waals surface area contributed by atoms with Gasteiger partial charge in [-0.05, 0) is 24.2 Å². The zero-order chi connectivity index (χ0) is 15.7. The SMILES string of the molecule is C#Cc1cc(Cl)c(CO[Si](C)(C)C(C)(C)C)c(Cl)c1F. The van der Waals surface area contributed by atoms with E-state index in [1.54, 1.807) is 0 Å². The molecule has 0 aliphatic heterocycles. The van der Waals surface area contributed by atoms with E-state index >= 15 is 0 Å². The van der Waals surface area contributed by atoms with Gasteiger partial charge in [0.1, 0.15) is 0 Å². The molecule has 0 radical (unpaired) electrons. The highest BCUT2D eigenvalue weighted by Crippen LogP contribution is 2.38. The molecule has 0 spiro atoms. The molecule has 1 rings (SSSR count). The number of hydrogen-bond donors (Lipinski definition) is 0. The van der Waals surface area contributed by atoms with Crippen LogP contribution in [0.4, 0.5) is 4.39 Å². The zero-order valence-corrected chi connectivity index (χ0v) is 14.9. The van der Waals surface area contributed by atoms with E-state index in [1.165, 1.54) is 6.07 Å². The van der Waals surface area contributed by atoms with Gasteiger partial charge in [0.2, 0.25) is 0 Å². The maximum absolute atomic E-state index is 13.9. The van der Waals surface area contributed by atoms with Crippen molar-refractivity contribution in [1.82, 2.24) is 0 Å². The lowest BCUT2D eigenvalue weighted by molar-refractivity contribution is 0.276. The Bertz CT molecular complexity index is 556. The molecule has 0 N–H and O–H groups in total. The van der Waals surface area contributed by atoms with Gasteiger partial charge in [-0.3, -0.25) is 0 Å². The summed E-state index contributed by atoms with van der Waals surface area (Å²) in [7, 11) is -1.95. The Labute approximate surface area is 131 Å². The van der Waals surface area contributed by atoms with E-state index in [-0.39, 0.29) is 22.2 Å². The van der Waals surface area contributed by atoms with Crippen molar-refractivity contribution >= 4 is 31.5 Å². The second kappa shape index (κ2) is 6.07. The van der Waals surface area contributed by atoms with E-state index in [1.807, 2.05) is 0 Å². The van der Waals surface area contributed by atoms with Gasteiger partial charge < -0.3 is 4.43 Å². The second-order valence-corrected chi connectivity index (χ2v) is 11.8. The minimum atomic E-state index is -1.95. The van der Waals surface area contributed by atoms with Crippen LogP contribution >= 0.6 is 23.2 Å². The summed E-state index contributed by atoms with van der Waals surface area (Å²) in [5.41, 5.74) is 0.519. The quantitative estimate of drug-likeness (QED) is 0.395. The van der Waals surface area contributed by atoms with Crippen LogP contribution in [0.1, 0.15) is 31.9 Å². The molecule has 0 saturated heterocycles. The Morgan fingerprint density at radius 1 is 1.35 bits per heavy atom. The monoisotopic (exact) mass is 332 g/mol. The summed E-state index contributed by atoms with van der Waals surface area (Å²) in [6.07, 6.45) is 5.21. The van der Waals surface area contributed by atoms with Crippen molar-refractivity contribution in [3.8, 4) is 12.3 Å². The van der Waals surface area contributed by atoms with E-state index in [0.29, 0.717) is 10.6 Å². The molecule has 1 nitrogen and oxygen atoms in total. The molecule has 0 bridgehead atoms. The highest BCUT2D eigenvalue weighted by atomic mass is 35.5. The van der Waals surface area contributed by atoms with Crippen LogP contribution in [-0.4, -0.2) is 8.32 Å². The van der Waals surface area contributed by atoms with Crippen LogP contribution in [0.2, 0.25) is 28.2 Å². The second-order valence-electron chi connectivity index (χ2n) is 6.21. The molecular formula is C15H19Cl2FOSi. The Morgan fingerprint density at radius 3 is 2.35 bits per heavy atom. The highest BCUT2D eigenvalue weighted by Gasteiger charge is 2.37. The molecule has 110 valence electrons. The molecule has 0 saturated carbocycles. The van der Waals surface area contributed by atoms with Crippen LogP contribution < -0.4 is 0 Å².